The number of halogens is 2. The van der Waals surface area contributed by atoms with Crippen LogP contribution in [0.1, 0.15) is 6.92 Å². The van der Waals surface area contributed by atoms with E-state index in [0.717, 1.165) is 6.07 Å². The Morgan fingerprint density at radius 3 is 2.39 bits per heavy atom. The molecular weight excluding hydrogens is 268 g/mol. The highest BCUT2D eigenvalue weighted by molar-refractivity contribution is 7.89. The van der Waals surface area contributed by atoms with Gasteiger partial charge in [-0.25, -0.2) is 17.2 Å². The van der Waals surface area contributed by atoms with Crippen molar-refractivity contribution in [2.45, 2.75) is 11.8 Å². The maximum Gasteiger partial charge on any atom is 0.318 e. The Kier molecular flexibility index (Phi) is 4.36. The lowest BCUT2D eigenvalue weighted by atomic mass is 10.3. The van der Waals surface area contributed by atoms with Crippen molar-refractivity contribution in [3.8, 4) is 0 Å². The SMILES string of the molecule is CCN(CC(=O)O)S(=O)(=O)c1ccc(F)c(F)c1. The van der Waals surface area contributed by atoms with Gasteiger partial charge in [0, 0.05) is 6.54 Å². The molecule has 0 amide bonds. The van der Waals surface area contributed by atoms with Crippen molar-refractivity contribution >= 4 is 16.0 Å². The topological polar surface area (TPSA) is 74.7 Å². The lowest BCUT2D eigenvalue weighted by molar-refractivity contribution is -0.137. The van der Waals surface area contributed by atoms with Crippen molar-refractivity contribution < 1.29 is 27.1 Å². The summed E-state index contributed by atoms with van der Waals surface area (Å²) in [5.41, 5.74) is 0. The van der Waals surface area contributed by atoms with Gasteiger partial charge in [0.1, 0.15) is 6.54 Å². The van der Waals surface area contributed by atoms with E-state index in [9.17, 15) is 22.0 Å². The molecule has 0 aliphatic heterocycles. The molecule has 0 saturated carbocycles. The van der Waals surface area contributed by atoms with E-state index in [-0.39, 0.29) is 6.54 Å². The third-order valence-corrected chi connectivity index (χ3v) is 4.11. The summed E-state index contributed by atoms with van der Waals surface area (Å²) in [5, 5.41) is 8.58. The van der Waals surface area contributed by atoms with Crippen LogP contribution in [0.2, 0.25) is 0 Å². The average Bonchev–Trinajstić information content (AvgIpc) is 2.28. The molecule has 5 nitrogen and oxygen atoms in total. The van der Waals surface area contributed by atoms with Crippen molar-refractivity contribution in [3.63, 3.8) is 0 Å². The molecule has 0 atom stereocenters. The predicted octanol–water partition coefficient (Wildman–Crippen LogP) is 1.06. The van der Waals surface area contributed by atoms with Gasteiger partial charge < -0.3 is 5.11 Å². The first-order valence-corrected chi connectivity index (χ1v) is 6.40. The number of hydrogen-bond donors (Lipinski definition) is 1. The molecule has 100 valence electrons. The molecule has 0 heterocycles. The van der Waals surface area contributed by atoms with Crippen molar-refractivity contribution in [1.82, 2.24) is 4.31 Å². The van der Waals surface area contributed by atoms with Gasteiger partial charge in [0.2, 0.25) is 10.0 Å². The lowest BCUT2D eigenvalue weighted by Gasteiger charge is -2.18. The second-order valence-electron chi connectivity index (χ2n) is 3.40. The summed E-state index contributed by atoms with van der Waals surface area (Å²) in [4.78, 5) is 10.0. The van der Waals surface area contributed by atoms with Crippen LogP contribution in [-0.2, 0) is 14.8 Å². The zero-order valence-electron chi connectivity index (χ0n) is 9.43. The molecular formula is C10H11F2NO4S. The average molecular weight is 279 g/mol. The number of hydrogen-bond acceptors (Lipinski definition) is 3. The summed E-state index contributed by atoms with van der Waals surface area (Å²) in [6.07, 6.45) is 0. The number of sulfonamides is 1. The number of nitrogens with zero attached hydrogens (tertiary/aromatic N) is 1. The van der Waals surface area contributed by atoms with Gasteiger partial charge in [-0.15, -0.1) is 0 Å². The molecule has 0 spiro atoms. The van der Waals surface area contributed by atoms with Crippen molar-refractivity contribution in [3.05, 3.63) is 29.8 Å². The van der Waals surface area contributed by atoms with Crippen LogP contribution in [0.15, 0.2) is 23.1 Å². The second kappa shape index (κ2) is 5.40. The Morgan fingerprint density at radius 2 is 1.94 bits per heavy atom. The fourth-order valence-electron chi connectivity index (χ4n) is 1.30. The van der Waals surface area contributed by atoms with Crippen LogP contribution in [0.3, 0.4) is 0 Å². The number of rotatable bonds is 5. The normalized spacial score (nSPS) is 11.8. The van der Waals surface area contributed by atoms with Crippen molar-refractivity contribution in [2.24, 2.45) is 0 Å². The molecule has 8 heteroatoms. The molecule has 0 bridgehead atoms. The highest BCUT2D eigenvalue weighted by Crippen LogP contribution is 2.18. The van der Waals surface area contributed by atoms with Crippen LogP contribution in [-0.4, -0.2) is 36.9 Å². The largest absolute Gasteiger partial charge is 0.480 e. The maximum atomic E-state index is 13.0. The maximum absolute atomic E-state index is 13.0. The van der Waals surface area contributed by atoms with Crippen LogP contribution in [0.4, 0.5) is 8.78 Å². The Hall–Kier alpha value is -1.54. The van der Waals surface area contributed by atoms with Gasteiger partial charge in [-0.2, -0.15) is 4.31 Å². The zero-order valence-corrected chi connectivity index (χ0v) is 10.2. The molecule has 0 unspecified atom stereocenters. The van der Waals surface area contributed by atoms with Crippen LogP contribution in [0.25, 0.3) is 0 Å². The van der Waals surface area contributed by atoms with Crippen molar-refractivity contribution in [1.29, 1.82) is 0 Å². The van der Waals surface area contributed by atoms with Crippen LogP contribution >= 0.6 is 0 Å². The van der Waals surface area contributed by atoms with Gasteiger partial charge in [0.05, 0.1) is 4.90 Å². The Bertz CT molecular complexity index is 559. The fraction of sp³-hybridized carbons (Fsp3) is 0.300. The molecule has 1 aromatic carbocycles. The molecule has 0 aromatic heterocycles. The van der Waals surface area contributed by atoms with Crippen LogP contribution in [0, 0.1) is 11.6 Å². The van der Waals surface area contributed by atoms with Gasteiger partial charge in [-0.1, -0.05) is 6.92 Å². The molecule has 0 aliphatic carbocycles. The van der Waals surface area contributed by atoms with E-state index in [0.29, 0.717) is 16.4 Å². The molecule has 1 N–H and O–H groups in total. The number of carboxylic acids is 1. The van der Waals surface area contributed by atoms with Gasteiger partial charge in [-0.05, 0) is 18.2 Å². The van der Waals surface area contributed by atoms with E-state index in [1.54, 1.807) is 0 Å². The first kappa shape index (κ1) is 14.5. The number of carbonyl (C=O) groups is 1. The van der Waals surface area contributed by atoms with Gasteiger partial charge in [0.15, 0.2) is 11.6 Å². The molecule has 0 saturated heterocycles. The molecule has 0 fully saturated rings. The molecule has 1 rings (SSSR count). The van der Waals surface area contributed by atoms with E-state index in [2.05, 4.69) is 0 Å². The minimum Gasteiger partial charge on any atom is -0.480 e. The monoisotopic (exact) mass is 279 g/mol. The quantitative estimate of drug-likeness (QED) is 0.874. The number of benzene rings is 1. The fourth-order valence-corrected chi connectivity index (χ4v) is 2.71. The summed E-state index contributed by atoms with van der Waals surface area (Å²) in [6, 6.07) is 2.09. The van der Waals surface area contributed by atoms with Gasteiger partial charge in [-0.3, -0.25) is 4.79 Å². The molecule has 1 aromatic rings. The molecule has 18 heavy (non-hydrogen) atoms. The third-order valence-electron chi connectivity index (χ3n) is 2.19. The van der Waals surface area contributed by atoms with E-state index >= 15 is 0 Å². The number of aliphatic carboxylic acids is 1. The second-order valence-corrected chi connectivity index (χ2v) is 5.34. The summed E-state index contributed by atoms with van der Waals surface area (Å²) >= 11 is 0. The third kappa shape index (κ3) is 3.02. The first-order chi connectivity index (χ1) is 8.28. The summed E-state index contributed by atoms with van der Waals surface area (Å²) in [5.74, 6) is -3.80. The lowest BCUT2D eigenvalue weighted by Crippen LogP contribution is -2.35. The Labute approximate surface area is 103 Å². The number of carboxylic acid groups (broad SMARTS) is 1. The van der Waals surface area contributed by atoms with Crippen molar-refractivity contribution in [2.75, 3.05) is 13.1 Å². The highest BCUT2D eigenvalue weighted by atomic mass is 32.2. The highest BCUT2D eigenvalue weighted by Gasteiger charge is 2.25. The molecule has 0 aliphatic rings. The Balaban J connectivity index is 3.18. The summed E-state index contributed by atoms with van der Waals surface area (Å²) in [7, 11) is -4.14. The van der Waals surface area contributed by atoms with E-state index in [1.807, 2.05) is 0 Å². The first-order valence-electron chi connectivity index (χ1n) is 4.96. The minimum atomic E-state index is -4.14. The smallest absolute Gasteiger partial charge is 0.318 e. The number of likely N-dealkylation sites (N-methyl/N-ethyl adjacent to an activating group) is 1. The van der Waals surface area contributed by atoms with Crippen LogP contribution in [0.5, 0.6) is 0 Å². The zero-order chi connectivity index (χ0) is 13.9. The van der Waals surface area contributed by atoms with Gasteiger partial charge in [0.25, 0.3) is 0 Å². The van der Waals surface area contributed by atoms with E-state index in [1.165, 1.54) is 6.92 Å². The summed E-state index contributed by atoms with van der Waals surface area (Å²) < 4.78 is 50.2. The minimum absolute atomic E-state index is 0.0897. The summed E-state index contributed by atoms with van der Waals surface area (Å²) in [6.45, 7) is 0.617. The van der Waals surface area contributed by atoms with Gasteiger partial charge >= 0.3 is 5.97 Å². The predicted molar refractivity (Wildman–Crippen MR) is 58.4 cm³/mol. The van der Waals surface area contributed by atoms with Crippen LogP contribution < -0.4 is 0 Å². The van der Waals surface area contributed by atoms with E-state index < -0.39 is 39.1 Å². The Morgan fingerprint density at radius 1 is 1.33 bits per heavy atom. The van der Waals surface area contributed by atoms with E-state index in [4.69, 9.17) is 5.11 Å². The molecule has 0 radical (unpaired) electrons. The standard InChI is InChI=1S/C10H11F2NO4S/c1-2-13(6-10(14)15)18(16,17)7-3-4-8(11)9(12)5-7/h3-5H,2,6H2,1H3,(H,14,15).